The van der Waals surface area contributed by atoms with Gasteiger partial charge in [-0.3, -0.25) is 23.9 Å². The van der Waals surface area contributed by atoms with Crippen molar-refractivity contribution in [2.24, 2.45) is 7.05 Å². The van der Waals surface area contributed by atoms with Crippen molar-refractivity contribution in [1.82, 2.24) is 24.2 Å². The molecule has 4 aromatic heterocycles. The predicted octanol–water partition coefficient (Wildman–Crippen LogP) is 4.28. The third-order valence-corrected chi connectivity index (χ3v) is 7.15. The molecule has 222 valence electrons. The van der Waals surface area contributed by atoms with Gasteiger partial charge in [0.2, 0.25) is 0 Å². The summed E-state index contributed by atoms with van der Waals surface area (Å²) in [6.07, 6.45) is 1.34. The molecule has 13 nitrogen and oxygen atoms in total. The number of carbonyl (C=O) groups excluding carboxylic acids is 2. The van der Waals surface area contributed by atoms with Crippen LogP contribution in [0.1, 0.15) is 39.2 Å². The number of aromatic nitrogens is 5. The van der Waals surface area contributed by atoms with Gasteiger partial charge < -0.3 is 19.7 Å². The van der Waals surface area contributed by atoms with E-state index >= 15 is 0 Å². The third-order valence-electron chi connectivity index (χ3n) is 7.15. The number of aryl methyl sites for hydroxylation is 4. The highest BCUT2D eigenvalue weighted by molar-refractivity contribution is 6.11. The van der Waals surface area contributed by atoms with Gasteiger partial charge in [-0.15, -0.1) is 0 Å². The van der Waals surface area contributed by atoms with Crippen molar-refractivity contribution in [3.8, 4) is 16.8 Å². The first-order valence-electron chi connectivity index (χ1n) is 13.7. The zero-order valence-corrected chi connectivity index (χ0v) is 24.2. The maximum atomic E-state index is 13.8. The molecule has 6 rings (SSSR count). The SMILES string of the molecule is CCn1c2c(C(=O)Nc3cccc(C(=O)Nc4ccon4)c3)nc(C)cc2c(=O)n1-c1ccc(-c2c(C)on(C)c2=O)cc1. The lowest BCUT2D eigenvalue weighted by atomic mass is 10.1. The summed E-state index contributed by atoms with van der Waals surface area (Å²) in [5.74, 6) is -0.234. The van der Waals surface area contributed by atoms with Crippen molar-refractivity contribution in [2.45, 2.75) is 27.3 Å². The molecule has 0 saturated heterocycles. The van der Waals surface area contributed by atoms with Crippen LogP contribution in [0.4, 0.5) is 11.5 Å². The van der Waals surface area contributed by atoms with Gasteiger partial charge in [-0.2, -0.15) is 4.74 Å². The van der Waals surface area contributed by atoms with Gasteiger partial charge in [0.25, 0.3) is 22.9 Å². The second kappa shape index (κ2) is 11.0. The molecule has 0 radical (unpaired) electrons. The first-order chi connectivity index (χ1) is 21.2. The molecule has 0 fully saturated rings. The zero-order valence-electron chi connectivity index (χ0n) is 24.2. The number of rotatable bonds is 7. The molecule has 0 saturated carbocycles. The van der Waals surface area contributed by atoms with Gasteiger partial charge in [0.1, 0.15) is 17.5 Å². The Kier molecular flexibility index (Phi) is 7.05. The largest absolute Gasteiger partial charge is 0.381 e. The lowest BCUT2D eigenvalue weighted by Gasteiger charge is -2.13. The lowest BCUT2D eigenvalue weighted by molar-refractivity contribution is 0.101. The maximum absolute atomic E-state index is 13.8. The Morgan fingerprint density at radius 3 is 2.36 bits per heavy atom. The lowest BCUT2D eigenvalue weighted by Crippen LogP contribution is -2.21. The summed E-state index contributed by atoms with van der Waals surface area (Å²) >= 11 is 0. The Hall–Kier alpha value is -5.98. The minimum absolute atomic E-state index is 0.0595. The summed E-state index contributed by atoms with van der Waals surface area (Å²) in [6, 6.07) is 16.5. The standard InChI is InChI=1S/C31H27N7O6/c1-5-37-27-23(30(41)38(37)22-11-9-19(10-12-22)25-18(3)44-36(4)31(25)42)15-17(2)32-26(27)29(40)33-21-8-6-7-20(16-21)28(39)34-24-13-14-43-35-24/h6-16H,5H2,1-4H3,(H,33,40)(H,34,35,39). The van der Waals surface area contributed by atoms with Crippen LogP contribution in [0.3, 0.4) is 0 Å². The molecular weight excluding hydrogens is 566 g/mol. The molecule has 2 aromatic carbocycles. The van der Waals surface area contributed by atoms with Gasteiger partial charge >= 0.3 is 0 Å². The van der Waals surface area contributed by atoms with E-state index in [9.17, 15) is 19.2 Å². The molecule has 0 atom stereocenters. The molecule has 2 amide bonds. The highest BCUT2D eigenvalue weighted by atomic mass is 16.5. The fourth-order valence-electron chi connectivity index (χ4n) is 5.22. The van der Waals surface area contributed by atoms with E-state index in [4.69, 9.17) is 9.05 Å². The Balaban J connectivity index is 1.37. The Bertz CT molecular complexity index is 2170. The molecule has 0 unspecified atom stereocenters. The van der Waals surface area contributed by atoms with Crippen molar-refractivity contribution < 1.29 is 18.6 Å². The Morgan fingerprint density at radius 2 is 1.70 bits per heavy atom. The van der Waals surface area contributed by atoms with Gasteiger partial charge in [0, 0.05) is 36.6 Å². The molecular formula is C31H27N7O6. The van der Waals surface area contributed by atoms with E-state index in [-0.39, 0.29) is 28.2 Å². The average Bonchev–Trinajstić information content (AvgIpc) is 3.69. The number of hydrogen-bond acceptors (Lipinski definition) is 8. The highest BCUT2D eigenvalue weighted by Crippen LogP contribution is 2.25. The van der Waals surface area contributed by atoms with Crippen LogP contribution in [0.15, 0.2) is 85.6 Å². The molecule has 0 aliphatic carbocycles. The number of carbonyl (C=O) groups is 2. The van der Waals surface area contributed by atoms with E-state index in [1.165, 1.54) is 27.8 Å². The van der Waals surface area contributed by atoms with Crippen LogP contribution in [0.2, 0.25) is 0 Å². The van der Waals surface area contributed by atoms with Gasteiger partial charge in [-0.05, 0) is 62.7 Å². The zero-order chi connectivity index (χ0) is 31.1. The van der Waals surface area contributed by atoms with E-state index in [1.807, 2.05) is 6.92 Å². The number of nitrogens with one attached hydrogen (secondary N) is 2. The normalized spacial score (nSPS) is 11.2. The molecule has 2 N–H and O–H groups in total. The van der Waals surface area contributed by atoms with Crippen molar-refractivity contribution >= 4 is 34.2 Å². The molecule has 6 aromatic rings. The second-order valence-corrected chi connectivity index (χ2v) is 10.1. The number of pyridine rings is 1. The van der Waals surface area contributed by atoms with Crippen LogP contribution in [-0.2, 0) is 13.6 Å². The fourth-order valence-corrected chi connectivity index (χ4v) is 5.22. The molecule has 0 aliphatic heterocycles. The number of nitrogens with zero attached hydrogens (tertiary/aromatic N) is 5. The van der Waals surface area contributed by atoms with E-state index in [0.29, 0.717) is 51.4 Å². The van der Waals surface area contributed by atoms with Crippen molar-refractivity contribution in [3.63, 3.8) is 0 Å². The fraction of sp³-hybridized carbons (Fsp3) is 0.161. The van der Waals surface area contributed by atoms with Crippen molar-refractivity contribution in [3.05, 3.63) is 110 Å². The van der Waals surface area contributed by atoms with Crippen LogP contribution < -0.4 is 21.8 Å². The molecule has 13 heteroatoms. The maximum Gasteiger partial charge on any atom is 0.290 e. The minimum atomic E-state index is -0.547. The van der Waals surface area contributed by atoms with Gasteiger partial charge in [0.05, 0.1) is 16.6 Å². The van der Waals surface area contributed by atoms with E-state index in [2.05, 4.69) is 20.8 Å². The summed E-state index contributed by atoms with van der Waals surface area (Å²) in [4.78, 5) is 57.1. The summed E-state index contributed by atoms with van der Waals surface area (Å²) in [7, 11) is 1.55. The number of amides is 2. The Labute approximate surface area is 249 Å². The van der Waals surface area contributed by atoms with Gasteiger partial charge in [-0.1, -0.05) is 23.4 Å². The van der Waals surface area contributed by atoms with Crippen molar-refractivity contribution in [2.75, 3.05) is 10.6 Å². The minimum Gasteiger partial charge on any atom is -0.381 e. The van der Waals surface area contributed by atoms with Gasteiger partial charge in [-0.25, -0.2) is 9.67 Å². The van der Waals surface area contributed by atoms with Crippen LogP contribution in [0.5, 0.6) is 0 Å². The smallest absolute Gasteiger partial charge is 0.290 e. The summed E-state index contributed by atoms with van der Waals surface area (Å²) < 4.78 is 14.5. The van der Waals surface area contributed by atoms with Crippen molar-refractivity contribution in [1.29, 1.82) is 0 Å². The number of anilines is 2. The van der Waals surface area contributed by atoms with Crippen LogP contribution in [0, 0.1) is 13.8 Å². The topological polar surface area (TPSA) is 159 Å². The molecule has 0 spiro atoms. The molecule has 0 bridgehead atoms. The number of hydrogen-bond donors (Lipinski definition) is 2. The number of fused-ring (bicyclic) bond motifs is 1. The molecule has 4 heterocycles. The van der Waals surface area contributed by atoms with E-state index in [0.717, 1.165) is 0 Å². The quantitative estimate of drug-likeness (QED) is 0.278. The first kappa shape index (κ1) is 28.2. The highest BCUT2D eigenvalue weighted by Gasteiger charge is 2.23. The number of benzene rings is 2. The van der Waals surface area contributed by atoms with Crippen LogP contribution >= 0.6 is 0 Å². The molecule has 44 heavy (non-hydrogen) atoms. The summed E-state index contributed by atoms with van der Waals surface area (Å²) in [6.45, 7) is 5.64. The summed E-state index contributed by atoms with van der Waals surface area (Å²) in [5, 5.41) is 9.42. The second-order valence-electron chi connectivity index (χ2n) is 10.1. The first-order valence-corrected chi connectivity index (χ1v) is 13.7. The molecule has 0 aliphatic rings. The Morgan fingerprint density at radius 1 is 0.932 bits per heavy atom. The van der Waals surface area contributed by atoms with Gasteiger partial charge in [0.15, 0.2) is 11.5 Å². The average molecular weight is 594 g/mol. The predicted molar refractivity (Wildman–Crippen MR) is 162 cm³/mol. The third kappa shape index (κ3) is 4.89. The monoisotopic (exact) mass is 593 g/mol. The van der Waals surface area contributed by atoms with E-state index in [1.54, 1.807) is 74.1 Å². The van der Waals surface area contributed by atoms with E-state index < -0.39 is 11.8 Å². The van der Waals surface area contributed by atoms with Crippen LogP contribution in [-0.4, -0.2) is 36.1 Å². The summed E-state index contributed by atoms with van der Waals surface area (Å²) in [5.41, 5.74) is 2.63. The van der Waals surface area contributed by atoms with Crippen LogP contribution in [0.25, 0.3) is 27.7 Å².